The fraction of sp³-hybridized carbons (Fsp3) is 0.500. The Morgan fingerprint density at radius 1 is 1.43 bits per heavy atom. The molecule has 0 spiro atoms. The maximum Gasteiger partial charge on any atom is 0.127 e. The van der Waals surface area contributed by atoms with Gasteiger partial charge in [-0.2, -0.15) is 5.10 Å². The van der Waals surface area contributed by atoms with Crippen LogP contribution in [0.3, 0.4) is 0 Å². The molecule has 3 rings (SSSR count). The van der Waals surface area contributed by atoms with E-state index in [4.69, 9.17) is 4.74 Å². The molecule has 1 unspecified atom stereocenters. The molecule has 1 atom stereocenters. The number of aryl methyl sites for hydroxylation is 1. The van der Waals surface area contributed by atoms with Gasteiger partial charge in [0.2, 0.25) is 0 Å². The molecule has 124 valence electrons. The largest absolute Gasteiger partial charge is 0.507 e. The van der Waals surface area contributed by atoms with Crippen LogP contribution in [-0.4, -0.2) is 40.4 Å². The number of likely N-dealkylation sites (tertiary alicyclic amines) is 1. The Morgan fingerprint density at radius 3 is 3.09 bits per heavy atom. The van der Waals surface area contributed by atoms with Crippen molar-refractivity contribution in [1.29, 1.82) is 0 Å². The van der Waals surface area contributed by atoms with E-state index in [1.54, 1.807) is 13.2 Å². The first-order valence-corrected chi connectivity index (χ1v) is 8.32. The van der Waals surface area contributed by atoms with Crippen molar-refractivity contribution in [3.05, 3.63) is 41.2 Å². The van der Waals surface area contributed by atoms with Crippen LogP contribution >= 0.6 is 0 Å². The van der Waals surface area contributed by atoms with E-state index < -0.39 is 0 Å². The predicted octanol–water partition coefficient (Wildman–Crippen LogP) is 3.07. The van der Waals surface area contributed by atoms with Gasteiger partial charge in [0.1, 0.15) is 11.5 Å². The second-order valence-corrected chi connectivity index (χ2v) is 6.19. The second kappa shape index (κ2) is 7.04. The molecular formula is C18H25N3O2. The van der Waals surface area contributed by atoms with Gasteiger partial charge in [-0.05, 0) is 43.5 Å². The number of rotatable bonds is 5. The lowest BCUT2D eigenvalue weighted by Gasteiger charge is -2.33. The van der Waals surface area contributed by atoms with Crippen LogP contribution < -0.4 is 4.74 Å². The number of ether oxygens (including phenoxy) is 1. The van der Waals surface area contributed by atoms with Crippen molar-refractivity contribution in [1.82, 2.24) is 15.1 Å². The maximum absolute atomic E-state index is 10.2. The summed E-state index contributed by atoms with van der Waals surface area (Å²) in [6.07, 6.45) is 5.29. The van der Waals surface area contributed by atoms with Gasteiger partial charge in [0.25, 0.3) is 0 Å². The zero-order chi connectivity index (χ0) is 16.2. The minimum atomic E-state index is 0.308. The van der Waals surface area contributed by atoms with Crippen LogP contribution in [0.1, 0.15) is 42.5 Å². The molecule has 1 aliphatic heterocycles. The Morgan fingerprint density at radius 2 is 2.30 bits per heavy atom. The molecule has 0 radical (unpaired) electrons. The van der Waals surface area contributed by atoms with Crippen molar-refractivity contribution >= 4 is 0 Å². The van der Waals surface area contributed by atoms with Crippen LogP contribution in [0.2, 0.25) is 0 Å². The summed E-state index contributed by atoms with van der Waals surface area (Å²) in [4.78, 5) is 2.39. The number of nitrogens with zero attached hydrogens (tertiary/aromatic N) is 2. The molecule has 1 saturated heterocycles. The molecule has 2 heterocycles. The lowest BCUT2D eigenvalue weighted by Crippen LogP contribution is -2.34. The molecule has 23 heavy (non-hydrogen) atoms. The highest BCUT2D eigenvalue weighted by molar-refractivity contribution is 5.43. The first-order chi connectivity index (χ1) is 11.2. The normalized spacial score (nSPS) is 19.0. The molecule has 2 N–H and O–H groups in total. The van der Waals surface area contributed by atoms with Crippen molar-refractivity contribution < 1.29 is 9.84 Å². The zero-order valence-corrected chi connectivity index (χ0v) is 13.9. The van der Waals surface area contributed by atoms with E-state index in [-0.39, 0.29) is 0 Å². The molecule has 0 bridgehead atoms. The number of hydrogen-bond donors (Lipinski definition) is 2. The summed E-state index contributed by atoms with van der Waals surface area (Å²) < 4.78 is 5.40. The summed E-state index contributed by atoms with van der Waals surface area (Å²) in [5.74, 6) is 1.54. The average molecular weight is 315 g/mol. The number of benzene rings is 1. The highest BCUT2D eigenvalue weighted by Crippen LogP contribution is 2.32. The molecule has 0 amide bonds. The second-order valence-electron chi connectivity index (χ2n) is 6.19. The van der Waals surface area contributed by atoms with Crippen molar-refractivity contribution in [2.24, 2.45) is 0 Å². The number of aromatic amines is 1. The number of phenols is 1. The minimum Gasteiger partial charge on any atom is -0.507 e. The van der Waals surface area contributed by atoms with Crippen LogP contribution in [0.15, 0.2) is 24.4 Å². The van der Waals surface area contributed by atoms with E-state index in [0.29, 0.717) is 18.2 Å². The number of aromatic nitrogens is 2. The molecule has 5 nitrogen and oxygen atoms in total. The molecule has 0 saturated carbocycles. The quantitative estimate of drug-likeness (QED) is 0.890. The van der Waals surface area contributed by atoms with Gasteiger partial charge in [0, 0.05) is 30.3 Å². The molecule has 2 aromatic rings. The van der Waals surface area contributed by atoms with E-state index in [0.717, 1.165) is 37.2 Å². The number of piperidine rings is 1. The summed E-state index contributed by atoms with van der Waals surface area (Å²) in [7, 11) is 1.65. The monoisotopic (exact) mass is 315 g/mol. The molecule has 5 heteroatoms. The van der Waals surface area contributed by atoms with Crippen molar-refractivity contribution in [3.63, 3.8) is 0 Å². The van der Waals surface area contributed by atoms with Gasteiger partial charge >= 0.3 is 0 Å². The van der Waals surface area contributed by atoms with Gasteiger partial charge in [-0.15, -0.1) is 0 Å². The third kappa shape index (κ3) is 3.34. The lowest BCUT2D eigenvalue weighted by molar-refractivity contribution is 0.194. The lowest BCUT2D eigenvalue weighted by atomic mass is 9.91. The highest BCUT2D eigenvalue weighted by Gasteiger charge is 2.25. The molecule has 1 aromatic carbocycles. The Kier molecular flexibility index (Phi) is 4.86. The molecule has 1 aliphatic rings. The predicted molar refractivity (Wildman–Crippen MR) is 89.9 cm³/mol. The first kappa shape index (κ1) is 15.9. The number of methoxy groups -OCH3 is 1. The summed E-state index contributed by atoms with van der Waals surface area (Å²) >= 11 is 0. The Labute approximate surface area is 137 Å². The van der Waals surface area contributed by atoms with Gasteiger partial charge in [0.05, 0.1) is 13.3 Å². The van der Waals surface area contributed by atoms with E-state index in [9.17, 15) is 5.11 Å². The van der Waals surface area contributed by atoms with Crippen LogP contribution in [0.5, 0.6) is 11.5 Å². The third-order valence-corrected chi connectivity index (χ3v) is 4.76. The van der Waals surface area contributed by atoms with Crippen molar-refractivity contribution in [3.8, 4) is 11.5 Å². The number of aromatic hydroxyl groups is 1. The molecule has 0 aliphatic carbocycles. The standard InChI is InChI=1S/C18H25N3O2/c1-3-13-10-19-20-18(13)14-6-5-9-21(11-14)12-15-16(22)7-4-8-17(15)23-2/h4,7-8,10,14,22H,3,5-6,9,11-12H2,1-2H3,(H,19,20). The Bertz CT molecular complexity index is 653. The number of phenolic OH excluding ortho intramolecular Hbond substituents is 1. The molecule has 1 aromatic heterocycles. The Hall–Kier alpha value is -2.01. The SMILES string of the molecule is CCc1cn[nH]c1C1CCCN(Cc2c(O)cccc2OC)C1. The van der Waals surface area contributed by atoms with E-state index in [2.05, 4.69) is 22.0 Å². The van der Waals surface area contributed by atoms with E-state index in [1.807, 2.05) is 18.3 Å². The van der Waals surface area contributed by atoms with Crippen LogP contribution in [0.4, 0.5) is 0 Å². The Balaban J connectivity index is 1.75. The van der Waals surface area contributed by atoms with Crippen molar-refractivity contribution in [2.75, 3.05) is 20.2 Å². The van der Waals surface area contributed by atoms with Gasteiger partial charge in [-0.25, -0.2) is 0 Å². The molecule has 1 fully saturated rings. The number of hydrogen-bond acceptors (Lipinski definition) is 4. The van der Waals surface area contributed by atoms with Gasteiger partial charge in [-0.1, -0.05) is 13.0 Å². The first-order valence-electron chi connectivity index (χ1n) is 8.32. The maximum atomic E-state index is 10.2. The van der Waals surface area contributed by atoms with E-state index >= 15 is 0 Å². The summed E-state index contributed by atoms with van der Waals surface area (Å²) in [6, 6.07) is 5.44. The average Bonchev–Trinajstić information content (AvgIpc) is 3.05. The highest BCUT2D eigenvalue weighted by atomic mass is 16.5. The van der Waals surface area contributed by atoms with Gasteiger partial charge in [-0.3, -0.25) is 10.00 Å². The molecular weight excluding hydrogens is 290 g/mol. The topological polar surface area (TPSA) is 61.4 Å². The van der Waals surface area contributed by atoms with Crippen LogP contribution in [0.25, 0.3) is 0 Å². The summed E-state index contributed by atoms with van der Waals surface area (Å²) in [5, 5.41) is 17.6. The van der Waals surface area contributed by atoms with E-state index in [1.165, 1.54) is 17.7 Å². The summed E-state index contributed by atoms with van der Waals surface area (Å²) in [6.45, 7) is 4.90. The summed E-state index contributed by atoms with van der Waals surface area (Å²) in [5.41, 5.74) is 3.47. The fourth-order valence-electron chi connectivity index (χ4n) is 3.52. The van der Waals surface area contributed by atoms with Crippen LogP contribution in [-0.2, 0) is 13.0 Å². The zero-order valence-electron chi connectivity index (χ0n) is 13.9. The van der Waals surface area contributed by atoms with Crippen LogP contribution in [0, 0.1) is 0 Å². The fourth-order valence-corrected chi connectivity index (χ4v) is 3.52. The van der Waals surface area contributed by atoms with Gasteiger partial charge in [0.15, 0.2) is 0 Å². The number of H-pyrrole nitrogens is 1. The number of nitrogens with one attached hydrogen (secondary N) is 1. The third-order valence-electron chi connectivity index (χ3n) is 4.76. The minimum absolute atomic E-state index is 0.308. The van der Waals surface area contributed by atoms with Gasteiger partial charge < -0.3 is 9.84 Å². The smallest absolute Gasteiger partial charge is 0.127 e. The van der Waals surface area contributed by atoms with Crippen molar-refractivity contribution in [2.45, 2.75) is 38.6 Å².